The summed E-state index contributed by atoms with van der Waals surface area (Å²) in [6.45, 7) is 4.37. The Morgan fingerprint density at radius 2 is 1.74 bits per heavy atom. The zero-order chi connectivity index (χ0) is 21.5. The van der Waals surface area contributed by atoms with Gasteiger partial charge in [-0.15, -0.1) is 11.3 Å². The van der Waals surface area contributed by atoms with Gasteiger partial charge in [-0.3, -0.25) is 9.59 Å². The topological polar surface area (TPSA) is 79.5 Å². The number of rotatable bonds is 3. The lowest BCUT2D eigenvalue weighted by molar-refractivity contribution is 0.0752. The minimum Gasteiger partial charge on any atom is -0.397 e. The van der Waals surface area contributed by atoms with Crippen LogP contribution in [0.4, 0.5) is 11.4 Å². The van der Waals surface area contributed by atoms with E-state index in [1.807, 2.05) is 29.2 Å². The predicted molar refractivity (Wildman–Crippen MR) is 125 cm³/mol. The van der Waals surface area contributed by atoms with Crippen LogP contribution >= 0.6 is 11.3 Å². The summed E-state index contributed by atoms with van der Waals surface area (Å²) in [6, 6.07) is 9.83. The first-order valence-electron chi connectivity index (χ1n) is 10.9. The number of aromatic nitrogens is 1. The van der Waals surface area contributed by atoms with Crippen molar-refractivity contribution in [1.29, 1.82) is 0 Å². The summed E-state index contributed by atoms with van der Waals surface area (Å²) in [6.07, 6.45) is 4.44. The van der Waals surface area contributed by atoms with E-state index >= 15 is 0 Å². The predicted octanol–water partition coefficient (Wildman–Crippen LogP) is 3.92. The fourth-order valence-corrected chi connectivity index (χ4v) is 5.60. The van der Waals surface area contributed by atoms with E-state index in [9.17, 15) is 9.59 Å². The number of nitrogens with two attached hydrogens (primary N) is 1. The SMILES string of the molecule is CC(=O)c1ccc(N2CCN(C(=O)c3sc4nc5c(cc4c3N)CCCC5)CC2)cc1. The Balaban J connectivity index is 1.31. The Hall–Kier alpha value is -2.93. The van der Waals surface area contributed by atoms with Gasteiger partial charge in [-0.2, -0.15) is 0 Å². The molecule has 1 saturated heterocycles. The van der Waals surface area contributed by atoms with Crippen molar-refractivity contribution in [1.82, 2.24) is 9.88 Å². The maximum atomic E-state index is 13.2. The monoisotopic (exact) mass is 434 g/mol. The highest BCUT2D eigenvalue weighted by Crippen LogP contribution is 2.36. The molecule has 1 fully saturated rings. The average molecular weight is 435 g/mol. The molecule has 0 saturated carbocycles. The van der Waals surface area contributed by atoms with Gasteiger partial charge in [0.25, 0.3) is 5.91 Å². The summed E-state index contributed by atoms with van der Waals surface area (Å²) in [5.41, 5.74) is 11.2. The molecule has 3 aromatic rings. The number of ketones is 1. The van der Waals surface area contributed by atoms with Gasteiger partial charge < -0.3 is 15.5 Å². The summed E-state index contributed by atoms with van der Waals surface area (Å²) >= 11 is 1.43. The second-order valence-electron chi connectivity index (χ2n) is 8.38. The van der Waals surface area contributed by atoms with Crippen molar-refractivity contribution in [3.05, 3.63) is 52.0 Å². The van der Waals surface area contributed by atoms with Crippen LogP contribution in [-0.4, -0.2) is 47.8 Å². The van der Waals surface area contributed by atoms with Crippen molar-refractivity contribution < 1.29 is 9.59 Å². The molecular weight excluding hydrogens is 408 g/mol. The van der Waals surface area contributed by atoms with Crippen molar-refractivity contribution >= 4 is 44.6 Å². The second-order valence-corrected chi connectivity index (χ2v) is 9.38. The molecule has 6 nitrogen and oxygen atoms in total. The third kappa shape index (κ3) is 3.67. The number of nitrogens with zero attached hydrogens (tertiary/aromatic N) is 3. The number of thiophene rings is 1. The van der Waals surface area contributed by atoms with Crippen LogP contribution < -0.4 is 10.6 Å². The molecule has 0 atom stereocenters. The number of nitrogen functional groups attached to an aromatic ring is 1. The van der Waals surface area contributed by atoms with E-state index in [2.05, 4.69) is 11.0 Å². The molecule has 0 radical (unpaired) electrons. The van der Waals surface area contributed by atoms with Crippen LogP contribution in [0.2, 0.25) is 0 Å². The van der Waals surface area contributed by atoms with E-state index in [1.54, 1.807) is 6.92 Å². The average Bonchev–Trinajstić information content (AvgIpc) is 3.12. The van der Waals surface area contributed by atoms with Gasteiger partial charge in [0.15, 0.2) is 5.78 Å². The van der Waals surface area contributed by atoms with Crippen LogP contribution in [0.15, 0.2) is 30.3 Å². The molecule has 1 aliphatic carbocycles. The first-order valence-corrected chi connectivity index (χ1v) is 11.7. The molecule has 1 aliphatic heterocycles. The van der Waals surface area contributed by atoms with Crippen molar-refractivity contribution in [2.75, 3.05) is 36.8 Å². The number of aryl methyl sites for hydroxylation is 2. The molecule has 5 rings (SSSR count). The minimum atomic E-state index is 0.00468. The van der Waals surface area contributed by atoms with Crippen LogP contribution in [0.1, 0.15) is 51.1 Å². The first kappa shape index (κ1) is 20.0. The van der Waals surface area contributed by atoms with Crippen LogP contribution in [-0.2, 0) is 12.8 Å². The van der Waals surface area contributed by atoms with E-state index in [0.717, 1.165) is 41.8 Å². The Morgan fingerprint density at radius 1 is 1.03 bits per heavy atom. The maximum Gasteiger partial charge on any atom is 0.266 e. The van der Waals surface area contributed by atoms with Gasteiger partial charge in [-0.1, -0.05) is 0 Å². The molecule has 160 valence electrons. The van der Waals surface area contributed by atoms with Crippen molar-refractivity contribution in [2.45, 2.75) is 32.6 Å². The van der Waals surface area contributed by atoms with Crippen molar-refractivity contribution in [3.63, 3.8) is 0 Å². The normalized spacial score (nSPS) is 16.4. The highest BCUT2D eigenvalue weighted by molar-refractivity contribution is 7.21. The first-order chi connectivity index (χ1) is 15.0. The number of carbonyl (C=O) groups is 2. The highest BCUT2D eigenvalue weighted by atomic mass is 32.1. The number of Topliss-reactive ketones (excluding diaryl/α,β-unsaturated/α-hetero) is 1. The fourth-order valence-electron chi connectivity index (χ4n) is 4.54. The third-order valence-corrected chi connectivity index (χ3v) is 7.50. The van der Waals surface area contributed by atoms with E-state index in [-0.39, 0.29) is 11.7 Å². The van der Waals surface area contributed by atoms with E-state index in [0.29, 0.717) is 29.2 Å². The van der Waals surface area contributed by atoms with E-state index in [1.165, 1.54) is 35.4 Å². The summed E-state index contributed by atoms with van der Waals surface area (Å²) in [5, 5.41) is 0.929. The zero-order valence-electron chi connectivity index (χ0n) is 17.7. The Kier molecular flexibility index (Phi) is 5.14. The second kappa shape index (κ2) is 7.96. The molecule has 0 bridgehead atoms. The number of carbonyl (C=O) groups excluding carboxylic acids is 2. The van der Waals surface area contributed by atoms with Gasteiger partial charge in [-0.05, 0) is 68.5 Å². The van der Waals surface area contributed by atoms with Crippen LogP contribution in [0.25, 0.3) is 10.2 Å². The lowest BCUT2D eigenvalue weighted by Gasteiger charge is -2.36. The molecule has 1 aromatic carbocycles. The van der Waals surface area contributed by atoms with Gasteiger partial charge in [0.2, 0.25) is 0 Å². The minimum absolute atomic E-state index is 0.00468. The summed E-state index contributed by atoms with van der Waals surface area (Å²) < 4.78 is 0. The van der Waals surface area contributed by atoms with Crippen LogP contribution in [0, 0.1) is 0 Å². The largest absolute Gasteiger partial charge is 0.397 e. The molecule has 0 spiro atoms. The number of amides is 1. The number of anilines is 2. The summed E-state index contributed by atoms with van der Waals surface area (Å²) in [4.78, 5) is 35.2. The molecular formula is C24H26N4O2S. The maximum absolute atomic E-state index is 13.2. The fraction of sp³-hybridized carbons (Fsp3) is 0.375. The van der Waals surface area contributed by atoms with Gasteiger partial charge in [0.05, 0.1) is 5.69 Å². The van der Waals surface area contributed by atoms with Crippen LogP contribution in [0.5, 0.6) is 0 Å². The standard InChI is InChI=1S/C24H26N4O2S/c1-15(29)16-6-8-18(9-7-16)27-10-12-28(13-11-27)24(30)22-21(25)19-14-17-4-2-3-5-20(17)26-23(19)31-22/h6-9,14H,2-5,10-13,25H2,1H3. The van der Waals surface area contributed by atoms with E-state index in [4.69, 9.17) is 10.7 Å². The molecule has 2 aliphatic rings. The van der Waals surface area contributed by atoms with Crippen molar-refractivity contribution in [2.24, 2.45) is 0 Å². The number of fused-ring (bicyclic) bond motifs is 2. The van der Waals surface area contributed by atoms with Gasteiger partial charge >= 0.3 is 0 Å². The van der Waals surface area contributed by atoms with Gasteiger partial charge in [0.1, 0.15) is 9.71 Å². The van der Waals surface area contributed by atoms with Crippen LogP contribution in [0.3, 0.4) is 0 Å². The molecule has 2 N–H and O–H groups in total. The number of hydrogen-bond donors (Lipinski definition) is 1. The molecule has 7 heteroatoms. The molecule has 0 unspecified atom stereocenters. The zero-order valence-corrected chi connectivity index (χ0v) is 18.5. The quantitative estimate of drug-likeness (QED) is 0.632. The number of piperazine rings is 1. The van der Waals surface area contributed by atoms with Gasteiger partial charge in [-0.25, -0.2) is 4.98 Å². The summed E-state index contributed by atoms with van der Waals surface area (Å²) in [5.74, 6) is 0.0725. The number of benzene rings is 1. The Morgan fingerprint density at radius 3 is 2.45 bits per heavy atom. The number of hydrogen-bond acceptors (Lipinski definition) is 6. The Labute approximate surface area is 185 Å². The molecule has 2 aromatic heterocycles. The smallest absolute Gasteiger partial charge is 0.266 e. The van der Waals surface area contributed by atoms with Crippen molar-refractivity contribution in [3.8, 4) is 0 Å². The highest BCUT2D eigenvalue weighted by Gasteiger charge is 2.27. The molecule has 3 heterocycles. The Bertz CT molecular complexity index is 1160. The van der Waals surface area contributed by atoms with E-state index < -0.39 is 0 Å². The summed E-state index contributed by atoms with van der Waals surface area (Å²) in [7, 11) is 0. The van der Waals surface area contributed by atoms with Gasteiger partial charge in [0, 0.05) is 48.5 Å². The molecule has 1 amide bonds. The lowest BCUT2D eigenvalue weighted by Crippen LogP contribution is -2.48. The lowest BCUT2D eigenvalue weighted by atomic mass is 9.95. The molecule has 31 heavy (non-hydrogen) atoms. The third-order valence-electron chi connectivity index (χ3n) is 6.40. The number of pyridine rings is 1.